The quantitative estimate of drug-likeness (QED) is 0.252. The van der Waals surface area contributed by atoms with Crippen LogP contribution < -0.4 is 0 Å². The first-order valence-electron chi connectivity index (χ1n) is 10.2. The van der Waals surface area contributed by atoms with Crippen LogP contribution in [0.25, 0.3) is 5.57 Å². The van der Waals surface area contributed by atoms with Crippen LogP contribution in [-0.4, -0.2) is 26.8 Å². The average molecular weight is 482 g/mol. The van der Waals surface area contributed by atoms with Crippen molar-refractivity contribution >= 4 is 31.9 Å². The Morgan fingerprint density at radius 2 is 1.15 bits per heavy atom. The molecule has 33 heavy (non-hydrogen) atoms. The normalized spacial score (nSPS) is 12.9. The lowest BCUT2D eigenvalue weighted by atomic mass is 10.0. The van der Waals surface area contributed by atoms with E-state index >= 15 is 0 Å². The van der Waals surface area contributed by atoms with Crippen LogP contribution in [0.2, 0.25) is 0 Å². The summed E-state index contributed by atoms with van der Waals surface area (Å²) >= 11 is 0. The highest BCUT2D eigenvalue weighted by Crippen LogP contribution is 2.32. The molecule has 3 aromatic rings. The van der Waals surface area contributed by atoms with Crippen LogP contribution in [0.15, 0.2) is 119 Å². The lowest BCUT2D eigenvalue weighted by molar-refractivity contribution is -0.105. The van der Waals surface area contributed by atoms with Crippen molar-refractivity contribution in [2.75, 3.05) is 0 Å². The number of nitrogens with zero attached hydrogens (tertiary/aromatic N) is 1. The van der Waals surface area contributed by atoms with Crippen LogP contribution in [0.5, 0.6) is 0 Å². The molecule has 3 aromatic carbocycles. The molecule has 0 bridgehead atoms. The van der Waals surface area contributed by atoms with Gasteiger partial charge >= 0.3 is 0 Å². The van der Waals surface area contributed by atoms with Crippen LogP contribution in [-0.2, 0) is 24.8 Å². The number of allylic oxidation sites excluding steroid dienone is 4. The molecule has 0 heterocycles. The van der Waals surface area contributed by atoms with E-state index in [0.29, 0.717) is 12.0 Å². The second kappa shape index (κ2) is 10.4. The second-order valence-corrected chi connectivity index (χ2v) is 10.7. The van der Waals surface area contributed by atoms with Gasteiger partial charge in [-0.05, 0) is 36.2 Å². The van der Waals surface area contributed by atoms with Gasteiger partial charge in [-0.2, -0.15) is 3.71 Å². The zero-order valence-electron chi connectivity index (χ0n) is 17.9. The Labute approximate surface area is 194 Å². The minimum absolute atomic E-state index is 0.173. The van der Waals surface area contributed by atoms with E-state index in [-0.39, 0.29) is 25.4 Å². The summed E-state index contributed by atoms with van der Waals surface area (Å²) in [6.07, 6.45) is 4.16. The van der Waals surface area contributed by atoms with E-state index in [1.807, 2.05) is 6.92 Å². The van der Waals surface area contributed by atoms with E-state index in [0.717, 1.165) is 0 Å². The molecule has 0 spiro atoms. The summed E-state index contributed by atoms with van der Waals surface area (Å²) in [7, 11) is -9.35. The van der Waals surface area contributed by atoms with Crippen molar-refractivity contribution in [3.8, 4) is 0 Å². The highest BCUT2D eigenvalue weighted by atomic mass is 32.3. The van der Waals surface area contributed by atoms with E-state index in [1.165, 1.54) is 48.5 Å². The van der Waals surface area contributed by atoms with Crippen LogP contribution in [0.4, 0.5) is 0 Å². The molecule has 0 atom stereocenters. The van der Waals surface area contributed by atoms with Gasteiger partial charge in [-0.25, -0.2) is 16.8 Å². The van der Waals surface area contributed by atoms with Gasteiger partial charge in [0.1, 0.15) is 5.70 Å². The Morgan fingerprint density at radius 1 is 0.727 bits per heavy atom. The fraction of sp³-hybridized carbons (Fsp3) is 0.0800. The third-order valence-corrected chi connectivity index (χ3v) is 8.89. The van der Waals surface area contributed by atoms with Crippen molar-refractivity contribution in [1.82, 2.24) is 3.71 Å². The van der Waals surface area contributed by atoms with Gasteiger partial charge in [0.15, 0.2) is 6.29 Å². The van der Waals surface area contributed by atoms with Gasteiger partial charge in [0, 0.05) is 5.57 Å². The number of rotatable bonds is 9. The van der Waals surface area contributed by atoms with E-state index in [9.17, 15) is 21.6 Å². The van der Waals surface area contributed by atoms with Gasteiger partial charge in [0.05, 0.1) is 9.79 Å². The van der Waals surface area contributed by atoms with Gasteiger partial charge in [-0.1, -0.05) is 85.8 Å². The maximum atomic E-state index is 13.7. The Kier molecular flexibility index (Phi) is 7.63. The maximum absolute atomic E-state index is 13.7. The van der Waals surface area contributed by atoms with Crippen molar-refractivity contribution in [2.24, 2.45) is 0 Å². The lowest BCUT2D eigenvalue weighted by Crippen LogP contribution is -2.37. The Morgan fingerprint density at radius 3 is 1.55 bits per heavy atom. The molecule has 3 rings (SSSR count). The lowest BCUT2D eigenvalue weighted by Gasteiger charge is -2.25. The van der Waals surface area contributed by atoms with E-state index < -0.39 is 25.7 Å². The van der Waals surface area contributed by atoms with Crippen LogP contribution >= 0.6 is 0 Å². The molecule has 0 aliphatic carbocycles. The molecule has 0 saturated carbocycles. The SMILES string of the molecule is CC/C=C/C(=C(/C=O)N(S(=O)(=O)c1ccccc1)S(=O)(=O)c1ccccc1)c1ccccc1. The molecule has 8 heteroatoms. The maximum Gasteiger partial charge on any atom is 0.277 e. The predicted octanol–water partition coefficient (Wildman–Crippen LogP) is 4.64. The van der Waals surface area contributed by atoms with Gasteiger partial charge in [-0.15, -0.1) is 0 Å². The molecule has 0 fully saturated rings. The molecule has 0 N–H and O–H groups in total. The van der Waals surface area contributed by atoms with Crippen molar-refractivity contribution in [1.29, 1.82) is 0 Å². The Balaban J connectivity index is 2.42. The van der Waals surface area contributed by atoms with Crippen molar-refractivity contribution < 1.29 is 21.6 Å². The highest BCUT2D eigenvalue weighted by Gasteiger charge is 2.39. The third-order valence-electron chi connectivity index (χ3n) is 4.71. The molecule has 0 amide bonds. The molecular formula is C25H23NO5S2. The molecule has 0 aliphatic heterocycles. The van der Waals surface area contributed by atoms with Crippen molar-refractivity contribution in [2.45, 2.75) is 23.1 Å². The fourth-order valence-electron chi connectivity index (χ4n) is 3.15. The van der Waals surface area contributed by atoms with E-state index in [4.69, 9.17) is 0 Å². The summed E-state index contributed by atoms with van der Waals surface area (Å²) in [6, 6.07) is 22.9. The molecule has 0 aromatic heterocycles. The number of hydrogen-bond acceptors (Lipinski definition) is 5. The number of aldehydes is 1. The van der Waals surface area contributed by atoms with Gasteiger partial charge < -0.3 is 0 Å². The number of hydrogen-bond donors (Lipinski definition) is 0. The Bertz CT molecular complexity index is 1290. The largest absolute Gasteiger partial charge is 0.296 e. The smallest absolute Gasteiger partial charge is 0.277 e. The number of benzene rings is 3. The summed E-state index contributed by atoms with van der Waals surface area (Å²) in [6.45, 7) is 1.87. The fourth-order valence-corrected chi connectivity index (χ4v) is 6.89. The molecule has 0 saturated heterocycles. The minimum atomic E-state index is -4.67. The summed E-state index contributed by atoms with van der Waals surface area (Å²) in [5.74, 6) is 0. The summed E-state index contributed by atoms with van der Waals surface area (Å²) < 4.78 is 55.0. The first-order chi connectivity index (χ1) is 15.8. The standard InChI is InChI=1S/C25H23NO5S2/c1-2-3-19-24(21-13-7-4-8-14-21)25(20-27)26(32(28,29)22-15-9-5-10-16-22)33(30,31)23-17-11-6-12-18-23/h3-20H,2H2,1H3/b19-3+,25-24+. The monoisotopic (exact) mass is 481 g/mol. The van der Waals surface area contributed by atoms with Gasteiger partial charge in [0.25, 0.3) is 20.0 Å². The zero-order valence-corrected chi connectivity index (χ0v) is 19.5. The van der Waals surface area contributed by atoms with Crippen molar-refractivity contribution in [3.63, 3.8) is 0 Å². The van der Waals surface area contributed by atoms with Crippen LogP contribution in [0.3, 0.4) is 0 Å². The highest BCUT2D eigenvalue weighted by molar-refractivity contribution is 8.04. The molecular weight excluding hydrogens is 458 g/mol. The minimum Gasteiger partial charge on any atom is -0.296 e. The van der Waals surface area contributed by atoms with E-state index in [1.54, 1.807) is 54.6 Å². The van der Waals surface area contributed by atoms with Gasteiger partial charge in [0.2, 0.25) is 0 Å². The third kappa shape index (κ3) is 5.13. The molecule has 170 valence electrons. The van der Waals surface area contributed by atoms with Crippen LogP contribution in [0, 0.1) is 0 Å². The van der Waals surface area contributed by atoms with Gasteiger partial charge in [-0.3, -0.25) is 4.79 Å². The number of carbonyl (C=O) groups excluding carboxylic acids is 1. The Hall–Kier alpha value is -3.49. The summed E-state index contributed by atoms with van der Waals surface area (Å²) in [4.78, 5) is 11.9. The predicted molar refractivity (Wildman–Crippen MR) is 128 cm³/mol. The second-order valence-electron chi connectivity index (χ2n) is 6.93. The molecule has 0 radical (unpaired) electrons. The molecule has 0 aliphatic rings. The summed E-state index contributed by atoms with van der Waals surface area (Å²) in [5.41, 5.74) is 0.172. The average Bonchev–Trinajstić information content (AvgIpc) is 2.85. The van der Waals surface area contributed by atoms with E-state index in [2.05, 4.69) is 0 Å². The summed E-state index contributed by atoms with van der Waals surface area (Å²) in [5, 5.41) is 0. The number of sulfonamides is 2. The first kappa shape index (κ1) is 24.2. The topological polar surface area (TPSA) is 88.6 Å². The first-order valence-corrected chi connectivity index (χ1v) is 13.0. The van der Waals surface area contributed by atoms with Crippen LogP contribution in [0.1, 0.15) is 18.9 Å². The number of carbonyl (C=O) groups is 1. The zero-order chi connectivity index (χ0) is 23.9. The molecule has 6 nitrogen and oxygen atoms in total. The van der Waals surface area contributed by atoms with Crippen molar-refractivity contribution in [3.05, 3.63) is 114 Å². The molecule has 0 unspecified atom stereocenters.